The van der Waals surface area contributed by atoms with Gasteiger partial charge in [-0.3, -0.25) is 0 Å². The minimum absolute atomic E-state index is 0.0809. The number of tetrazole rings is 1. The van der Waals surface area contributed by atoms with Gasteiger partial charge < -0.3 is 5.73 Å². The van der Waals surface area contributed by atoms with E-state index < -0.39 is 5.82 Å². The van der Waals surface area contributed by atoms with Crippen molar-refractivity contribution in [2.75, 3.05) is 5.73 Å². The number of nitrogens with zero attached hydrogens (tertiary/aromatic N) is 6. The lowest BCUT2D eigenvalue weighted by Crippen LogP contribution is -2.05. The summed E-state index contributed by atoms with van der Waals surface area (Å²) < 4.78 is 14.7. The second kappa shape index (κ2) is 3.44. The van der Waals surface area contributed by atoms with Crippen LogP contribution >= 0.6 is 0 Å². The van der Waals surface area contributed by atoms with E-state index in [2.05, 4.69) is 25.6 Å². The highest BCUT2D eigenvalue weighted by Crippen LogP contribution is 2.23. The Labute approximate surface area is 94.1 Å². The van der Waals surface area contributed by atoms with Crippen molar-refractivity contribution in [1.82, 2.24) is 30.2 Å². The van der Waals surface area contributed by atoms with Crippen molar-refractivity contribution >= 4 is 11.6 Å². The summed E-state index contributed by atoms with van der Waals surface area (Å²) in [7, 11) is 0. The van der Waals surface area contributed by atoms with Gasteiger partial charge in [-0.05, 0) is 22.6 Å². The van der Waals surface area contributed by atoms with Gasteiger partial charge in [0.25, 0.3) is 5.78 Å². The van der Waals surface area contributed by atoms with Crippen LogP contribution in [0.3, 0.4) is 0 Å². The van der Waals surface area contributed by atoms with Crippen LogP contribution in [0.15, 0.2) is 24.3 Å². The second-order valence-electron chi connectivity index (χ2n) is 3.29. The molecule has 3 rings (SSSR count). The van der Waals surface area contributed by atoms with Crippen molar-refractivity contribution in [3.8, 4) is 11.3 Å². The molecule has 0 aliphatic carbocycles. The van der Waals surface area contributed by atoms with Gasteiger partial charge in [0, 0.05) is 5.56 Å². The summed E-state index contributed by atoms with van der Waals surface area (Å²) in [5.74, 6) is -0.180. The number of hydrogen-bond acceptors (Lipinski definition) is 6. The summed E-state index contributed by atoms with van der Waals surface area (Å²) >= 11 is 0. The molecule has 7 nitrogen and oxygen atoms in total. The van der Waals surface area contributed by atoms with Crippen LogP contribution < -0.4 is 5.73 Å². The molecule has 3 aromatic rings. The number of halogens is 1. The number of hydrogen-bond donors (Lipinski definition) is 1. The summed E-state index contributed by atoms with van der Waals surface area (Å²) in [5, 5.41) is 14.6. The van der Waals surface area contributed by atoms with Crippen LogP contribution in [0.5, 0.6) is 0 Å². The Kier molecular flexibility index (Phi) is 1.94. The second-order valence-corrected chi connectivity index (χ2v) is 3.29. The third-order valence-electron chi connectivity index (χ3n) is 2.22. The molecule has 0 fully saturated rings. The van der Waals surface area contributed by atoms with Crippen LogP contribution in [-0.4, -0.2) is 30.2 Å². The molecule has 0 amide bonds. The zero-order valence-electron chi connectivity index (χ0n) is 8.45. The molecule has 1 aromatic carbocycles. The zero-order chi connectivity index (χ0) is 11.8. The molecule has 0 saturated heterocycles. The normalized spacial score (nSPS) is 10.9. The zero-order valence-corrected chi connectivity index (χ0v) is 8.45. The minimum atomic E-state index is -0.430. The molecule has 0 aliphatic rings. The minimum Gasteiger partial charge on any atom is -0.382 e. The predicted molar refractivity (Wildman–Crippen MR) is 56.2 cm³/mol. The highest BCUT2D eigenvalue weighted by atomic mass is 19.1. The summed E-state index contributed by atoms with van der Waals surface area (Å²) in [4.78, 5) is 3.93. The van der Waals surface area contributed by atoms with Crippen molar-refractivity contribution in [3.05, 3.63) is 30.1 Å². The fourth-order valence-electron chi connectivity index (χ4n) is 1.46. The standard InChI is InChI=1S/C9H6FN7/c10-6-4-2-1-3-5(6)7-8(11)12-9-13-15-16-17(9)14-7/h1-4H,(H2,11,12,13,16). The number of nitrogen functional groups attached to an aromatic ring is 1. The van der Waals surface area contributed by atoms with Crippen molar-refractivity contribution in [2.24, 2.45) is 0 Å². The summed E-state index contributed by atoms with van der Waals surface area (Å²) in [6.07, 6.45) is 0. The van der Waals surface area contributed by atoms with Gasteiger partial charge in [0.15, 0.2) is 5.82 Å². The molecule has 8 heteroatoms. The molecule has 0 bridgehead atoms. The fraction of sp³-hybridized carbons (Fsp3) is 0. The molecular formula is C9H6FN7. The van der Waals surface area contributed by atoms with E-state index in [1.165, 1.54) is 6.07 Å². The molecule has 17 heavy (non-hydrogen) atoms. The van der Waals surface area contributed by atoms with Gasteiger partial charge in [-0.2, -0.15) is 4.98 Å². The smallest absolute Gasteiger partial charge is 0.293 e. The first-order chi connectivity index (χ1) is 8.25. The van der Waals surface area contributed by atoms with E-state index in [0.717, 1.165) is 4.63 Å². The van der Waals surface area contributed by atoms with Crippen molar-refractivity contribution < 1.29 is 4.39 Å². The highest BCUT2D eigenvalue weighted by molar-refractivity contribution is 5.70. The number of nitrogens with two attached hydrogens (primary N) is 1. The highest BCUT2D eigenvalue weighted by Gasteiger charge is 2.13. The summed E-state index contributed by atoms with van der Waals surface area (Å²) in [6, 6.07) is 6.15. The number of fused-ring (bicyclic) bond motifs is 1. The van der Waals surface area contributed by atoms with Gasteiger partial charge in [-0.25, -0.2) is 4.39 Å². The Balaban J connectivity index is 2.30. The largest absolute Gasteiger partial charge is 0.382 e. The predicted octanol–water partition coefficient (Wildman–Crippen LogP) is 0.303. The molecule has 2 N–H and O–H groups in total. The SMILES string of the molecule is Nc1nc2nnnn2nc1-c1ccccc1F. The van der Waals surface area contributed by atoms with Crippen molar-refractivity contribution in [3.63, 3.8) is 0 Å². The van der Waals surface area contributed by atoms with Gasteiger partial charge in [0.1, 0.15) is 11.5 Å². The summed E-state index contributed by atoms with van der Waals surface area (Å²) in [6.45, 7) is 0. The van der Waals surface area contributed by atoms with E-state index in [1.54, 1.807) is 18.2 Å². The van der Waals surface area contributed by atoms with Crippen LogP contribution in [0.4, 0.5) is 10.2 Å². The molecule has 2 heterocycles. The molecule has 0 aliphatic heterocycles. The molecular weight excluding hydrogens is 225 g/mol. The average molecular weight is 231 g/mol. The first kappa shape index (κ1) is 9.58. The summed E-state index contributed by atoms with van der Waals surface area (Å²) in [5.41, 5.74) is 6.17. The van der Waals surface area contributed by atoms with Crippen LogP contribution in [-0.2, 0) is 0 Å². The lowest BCUT2D eigenvalue weighted by molar-refractivity contribution is 0.629. The van der Waals surface area contributed by atoms with Crippen LogP contribution in [0.1, 0.15) is 0 Å². The Morgan fingerprint density at radius 3 is 2.88 bits per heavy atom. The van der Waals surface area contributed by atoms with Crippen LogP contribution in [0.2, 0.25) is 0 Å². The van der Waals surface area contributed by atoms with Gasteiger partial charge in [0.2, 0.25) is 0 Å². The Hall–Kier alpha value is -2.64. The van der Waals surface area contributed by atoms with Gasteiger partial charge in [-0.1, -0.05) is 21.9 Å². The van der Waals surface area contributed by atoms with Crippen LogP contribution in [0, 0.1) is 5.82 Å². The Bertz CT molecular complexity index is 693. The quantitative estimate of drug-likeness (QED) is 0.647. The van der Waals surface area contributed by atoms with Gasteiger partial charge >= 0.3 is 0 Å². The van der Waals surface area contributed by atoms with Gasteiger partial charge in [0.05, 0.1) is 0 Å². The molecule has 0 spiro atoms. The molecule has 0 saturated carbocycles. The molecule has 84 valence electrons. The molecule has 0 unspecified atom stereocenters. The third kappa shape index (κ3) is 1.46. The lowest BCUT2D eigenvalue weighted by Gasteiger charge is -2.04. The third-order valence-corrected chi connectivity index (χ3v) is 2.22. The van der Waals surface area contributed by atoms with E-state index in [-0.39, 0.29) is 22.9 Å². The maximum atomic E-state index is 13.6. The Morgan fingerprint density at radius 1 is 1.24 bits per heavy atom. The fourth-order valence-corrected chi connectivity index (χ4v) is 1.46. The van der Waals surface area contributed by atoms with Crippen LogP contribution in [0.25, 0.3) is 17.0 Å². The number of anilines is 1. The van der Waals surface area contributed by atoms with E-state index in [9.17, 15) is 4.39 Å². The monoisotopic (exact) mass is 231 g/mol. The topological polar surface area (TPSA) is 94.9 Å². The lowest BCUT2D eigenvalue weighted by atomic mass is 10.1. The maximum absolute atomic E-state index is 13.6. The number of rotatable bonds is 1. The average Bonchev–Trinajstić information content (AvgIpc) is 2.76. The van der Waals surface area contributed by atoms with Crippen molar-refractivity contribution in [2.45, 2.75) is 0 Å². The van der Waals surface area contributed by atoms with Gasteiger partial charge in [-0.15, -0.1) is 5.10 Å². The molecule has 0 atom stereocenters. The number of aromatic nitrogens is 6. The van der Waals surface area contributed by atoms with E-state index in [0.29, 0.717) is 0 Å². The first-order valence-corrected chi connectivity index (χ1v) is 4.72. The van der Waals surface area contributed by atoms with E-state index in [1.807, 2.05) is 0 Å². The van der Waals surface area contributed by atoms with Crippen molar-refractivity contribution in [1.29, 1.82) is 0 Å². The molecule has 2 aromatic heterocycles. The van der Waals surface area contributed by atoms with E-state index in [4.69, 9.17) is 5.73 Å². The maximum Gasteiger partial charge on any atom is 0.293 e. The number of benzene rings is 1. The molecule has 0 radical (unpaired) electrons. The first-order valence-electron chi connectivity index (χ1n) is 4.72. The van der Waals surface area contributed by atoms with E-state index >= 15 is 0 Å². The Morgan fingerprint density at radius 2 is 2.06 bits per heavy atom.